The van der Waals surface area contributed by atoms with Gasteiger partial charge in [0.2, 0.25) is 0 Å². The van der Waals surface area contributed by atoms with E-state index in [0.29, 0.717) is 11.4 Å². The van der Waals surface area contributed by atoms with E-state index in [1.165, 1.54) is 6.08 Å². The number of carboxylic acid groups (broad SMARTS) is 1. The molecule has 0 amide bonds. The van der Waals surface area contributed by atoms with Gasteiger partial charge in [-0.2, -0.15) is 0 Å². The van der Waals surface area contributed by atoms with Crippen LogP contribution in [0.1, 0.15) is 78.6 Å². The van der Waals surface area contributed by atoms with Gasteiger partial charge in [-0.05, 0) is 59.4 Å². The molecule has 1 aromatic heterocycles. The number of H-pyrrole nitrogens is 1. The Morgan fingerprint density at radius 3 is 2.17 bits per heavy atom. The highest BCUT2D eigenvalue weighted by Crippen LogP contribution is 2.34. The van der Waals surface area contributed by atoms with Gasteiger partial charge in [0, 0.05) is 33.9 Å². The van der Waals surface area contributed by atoms with Crippen LogP contribution in [-0.4, -0.2) is 24.5 Å². The fraction of sp³-hybridized carbons (Fsp3) is 0.303. The molecule has 0 atom stereocenters. The Kier molecular flexibility index (Phi) is 13.4. The Hall–Kier alpha value is -3.84. The van der Waals surface area contributed by atoms with Gasteiger partial charge in [0.15, 0.2) is 0 Å². The summed E-state index contributed by atoms with van der Waals surface area (Å²) in [7, 11) is -3.81. The molecule has 40 heavy (non-hydrogen) atoms. The highest BCUT2D eigenvalue weighted by molar-refractivity contribution is 7.92. The van der Waals surface area contributed by atoms with Crippen LogP contribution in [0.3, 0.4) is 0 Å². The van der Waals surface area contributed by atoms with Gasteiger partial charge in [-0.3, -0.25) is 4.72 Å². The number of anilines is 1. The monoisotopic (exact) mass is 564 g/mol. The lowest BCUT2D eigenvalue weighted by atomic mass is 9.87. The summed E-state index contributed by atoms with van der Waals surface area (Å²) in [6, 6.07) is 12.1. The zero-order valence-electron chi connectivity index (χ0n) is 25.0. The van der Waals surface area contributed by atoms with E-state index in [0.717, 1.165) is 40.1 Å². The summed E-state index contributed by atoms with van der Waals surface area (Å²) in [5.74, 6) is -1.06. The summed E-state index contributed by atoms with van der Waals surface area (Å²) in [5.41, 5.74) is 4.37. The number of fused-ring (bicyclic) bond motifs is 1. The molecule has 6 nitrogen and oxygen atoms in total. The molecule has 7 heteroatoms. The molecule has 3 aromatic rings. The number of carbonyl (C=O) groups is 1. The number of hydrogen-bond donors (Lipinski definition) is 3. The number of carboxylic acids is 1. The van der Waals surface area contributed by atoms with E-state index in [4.69, 9.17) is 5.11 Å². The molecule has 0 fully saturated rings. The molecule has 3 rings (SSSR count). The van der Waals surface area contributed by atoms with Gasteiger partial charge in [-0.25, -0.2) is 13.2 Å². The molecule has 0 aliphatic carbocycles. The van der Waals surface area contributed by atoms with Crippen LogP contribution >= 0.6 is 0 Å². The van der Waals surface area contributed by atoms with E-state index >= 15 is 0 Å². The number of hydrogen-bond acceptors (Lipinski definition) is 3. The molecule has 3 N–H and O–H groups in total. The highest BCUT2D eigenvalue weighted by atomic mass is 32.2. The number of rotatable bonds is 9. The maximum Gasteiger partial charge on any atom is 0.328 e. The molecule has 216 valence electrons. The number of nitrogens with one attached hydrogen (secondary N) is 2. The van der Waals surface area contributed by atoms with Crippen LogP contribution in [-0.2, 0) is 20.2 Å². The summed E-state index contributed by atoms with van der Waals surface area (Å²) < 4.78 is 28.9. The topological polar surface area (TPSA) is 99.3 Å². The predicted molar refractivity (Wildman–Crippen MR) is 171 cm³/mol. The first-order chi connectivity index (χ1) is 19.0. The van der Waals surface area contributed by atoms with Crippen molar-refractivity contribution in [3.8, 4) is 0 Å². The molecule has 0 unspecified atom stereocenters. The lowest BCUT2D eigenvalue weighted by Crippen LogP contribution is -2.14. The fourth-order valence-corrected chi connectivity index (χ4v) is 4.91. The summed E-state index contributed by atoms with van der Waals surface area (Å²) in [5, 5.41) is 9.91. The van der Waals surface area contributed by atoms with Crippen LogP contribution in [0.15, 0.2) is 84.3 Å². The first kappa shape index (κ1) is 34.2. The van der Waals surface area contributed by atoms with Crippen molar-refractivity contribution in [2.24, 2.45) is 0 Å². The summed E-state index contributed by atoms with van der Waals surface area (Å²) in [4.78, 5) is 14.6. The van der Waals surface area contributed by atoms with Crippen molar-refractivity contribution in [3.05, 3.63) is 96.2 Å². The Morgan fingerprint density at radius 2 is 1.65 bits per heavy atom. The van der Waals surface area contributed by atoms with E-state index in [2.05, 4.69) is 37.1 Å². The Morgan fingerprint density at radius 1 is 1.02 bits per heavy atom. The van der Waals surface area contributed by atoms with Gasteiger partial charge in [0.25, 0.3) is 10.0 Å². The standard InChI is InChI=1S/C29H32N2O4S.2C2H6/c1-6-8-10-20(9-7-2)28-24-19-22(13-16-25(24)30-26(28)17-18-27(32)33)31-36(34,35)23-14-11-21(12-15-23)29(3,4)5;2*1-2/h6,8-19,30-31H,1,7H2,2-5H3,(H,32,33);2*1-2H3/b10-8-,18-17+,20-9+;;. The van der Waals surface area contributed by atoms with Crippen LogP contribution in [0.5, 0.6) is 0 Å². The number of benzene rings is 2. The highest BCUT2D eigenvalue weighted by Gasteiger charge is 2.19. The van der Waals surface area contributed by atoms with Gasteiger partial charge in [-0.1, -0.05) is 98.4 Å². The van der Waals surface area contributed by atoms with Gasteiger partial charge in [-0.15, -0.1) is 0 Å². The summed E-state index contributed by atoms with van der Waals surface area (Å²) >= 11 is 0. The van der Waals surface area contributed by atoms with Crippen molar-refractivity contribution in [1.82, 2.24) is 4.98 Å². The van der Waals surface area contributed by atoms with Crippen molar-refractivity contribution >= 4 is 44.2 Å². The number of aromatic amines is 1. The van der Waals surface area contributed by atoms with Crippen LogP contribution in [0.25, 0.3) is 22.6 Å². The lowest BCUT2D eigenvalue weighted by molar-refractivity contribution is -0.131. The average Bonchev–Trinajstić information content (AvgIpc) is 3.29. The minimum absolute atomic E-state index is 0.0814. The average molecular weight is 565 g/mol. The second-order valence-corrected chi connectivity index (χ2v) is 11.1. The maximum atomic E-state index is 13.1. The predicted octanol–water partition coefficient (Wildman–Crippen LogP) is 8.95. The molecule has 2 aromatic carbocycles. The molecular formula is C33H44N2O4S. The maximum absolute atomic E-state index is 13.1. The molecule has 1 heterocycles. The number of aliphatic carboxylic acids is 1. The van der Waals surface area contributed by atoms with Gasteiger partial charge in [0.05, 0.1) is 4.90 Å². The van der Waals surface area contributed by atoms with Crippen molar-refractivity contribution in [3.63, 3.8) is 0 Å². The summed E-state index contributed by atoms with van der Waals surface area (Å²) in [6.07, 6.45) is 10.7. The third-order valence-corrected chi connectivity index (χ3v) is 7.02. The molecule has 0 radical (unpaired) electrons. The van der Waals surface area contributed by atoms with Crippen molar-refractivity contribution in [1.29, 1.82) is 0 Å². The fourth-order valence-electron chi connectivity index (χ4n) is 3.86. The van der Waals surface area contributed by atoms with Crippen molar-refractivity contribution in [2.45, 2.75) is 72.1 Å². The second kappa shape index (κ2) is 15.7. The third-order valence-electron chi connectivity index (χ3n) is 5.63. The van der Waals surface area contributed by atoms with Crippen LogP contribution in [0.2, 0.25) is 0 Å². The first-order valence-electron chi connectivity index (χ1n) is 13.7. The quantitative estimate of drug-likeness (QED) is 0.178. The molecule has 0 saturated heterocycles. The normalized spacial score (nSPS) is 12.1. The Balaban J connectivity index is 0.00000191. The molecule has 0 bridgehead atoms. The van der Waals surface area contributed by atoms with E-state index in [1.54, 1.807) is 42.5 Å². The Bertz CT molecular complexity index is 1470. The number of aromatic nitrogens is 1. The van der Waals surface area contributed by atoms with Crippen molar-refractivity contribution in [2.75, 3.05) is 4.72 Å². The summed E-state index contributed by atoms with van der Waals surface area (Å²) in [6.45, 7) is 20.0. The largest absolute Gasteiger partial charge is 0.478 e. The molecule has 0 aliphatic heterocycles. The Labute approximate surface area is 240 Å². The van der Waals surface area contributed by atoms with Crippen LogP contribution in [0.4, 0.5) is 5.69 Å². The smallest absolute Gasteiger partial charge is 0.328 e. The van der Waals surface area contributed by atoms with Crippen molar-refractivity contribution < 1.29 is 18.3 Å². The lowest BCUT2D eigenvalue weighted by Gasteiger charge is -2.19. The first-order valence-corrected chi connectivity index (χ1v) is 15.1. The molecular weight excluding hydrogens is 520 g/mol. The van der Waals surface area contributed by atoms with Gasteiger partial charge < -0.3 is 10.1 Å². The number of allylic oxidation sites excluding steroid dienone is 5. The van der Waals surface area contributed by atoms with E-state index in [-0.39, 0.29) is 10.3 Å². The SMILES string of the molecule is C=C/C=C\C(=C/CC)c1c(/C=C/C(=O)O)[nH]c2ccc(NS(=O)(=O)c3ccc(C(C)(C)C)cc3)cc12.CC.CC. The molecule has 0 spiro atoms. The van der Waals surface area contributed by atoms with Gasteiger partial charge in [0.1, 0.15) is 0 Å². The minimum Gasteiger partial charge on any atom is -0.478 e. The molecule has 0 saturated carbocycles. The van der Waals surface area contributed by atoms with E-state index < -0.39 is 16.0 Å². The van der Waals surface area contributed by atoms with E-state index in [9.17, 15) is 13.2 Å². The van der Waals surface area contributed by atoms with Gasteiger partial charge >= 0.3 is 5.97 Å². The molecule has 0 aliphatic rings. The zero-order valence-corrected chi connectivity index (χ0v) is 25.8. The minimum atomic E-state index is -3.81. The van der Waals surface area contributed by atoms with Crippen LogP contribution in [0, 0.1) is 0 Å². The third kappa shape index (κ3) is 9.12. The zero-order chi connectivity index (χ0) is 30.5. The van der Waals surface area contributed by atoms with E-state index in [1.807, 2.05) is 58.9 Å². The number of sulfonamides is 1. The second-order valence-electron chi connectivity index (χ2n) is 9.39. The van der Waals surface area contributed by atoms with Crippen LogP contribution < -0.4 is 4.72 Å².